The lowest BCUT2D eigenvalue weighted by molar-refractivity contribution is 0.200. The van der Waals surface area contributed by atoms with Gasteiger partial charge in [0.1, 0.15) is 11.6 Å². The highest BCUT2D eigenvalue weighted by molar-refractivity contribution is 5.42. The Morgan fingerprint density at radius 3 is 2.44 bits per heavy atom. The van der Waals surface area contributed by atoms with Crippen LogP contribution in [0.5, 0.6) is 5.75 Å². The lowest BCUT2D eigenvalue weighted by Crippen LogP contribution is -2.37. The van der Waals surface area contributed by atoms with E-state index in [2.05, 4.69) is 27.7 Å². The van der Waals surface area contributed by atoms with Crippen LogP contribution in [0.1, 0.15) is 46.1 Å². The number of hydrogen-bond donors (Lipinski definition) is 0. The van der Waals surface area contributed by atoms with Gasteiger partial charge in [-0.25, -0.2) is 4.39 Å². The van der Waals surface area contributed by atoms with Crippen LogP contribution in [0.4, 0.5) is 4.39 Å². The molecule has 100 valence electrons. The molecule has 0 spiro atoms. The van der Waals surface area contributed by atoms with Gasteiger partial charge in [-0.15, -0.1) is 0 Å². The smallest absolute Gasteiger partial charge is 0.123 e. The van der Waals surface area contributed by atoms with Gasteiger partial charge in [-0.1, -0.05) is 27.7 Å². The Hall–Kier alpha value is -1.05. The molecule has 0 amide bonds. The molecule has 0 saturated carbocycles. The summed E-state index contributed by atoms with van der Waals surface area (Å²) >= 11 is 0. The predicted molar refractivity (Wildman–Crippen MR) is 72.5 cm³/mol. The molecule has 0 radical (unpaired) electrons. The van der Waals surface area contributed by atoms with Crippen molar-refractivity contribution in [3.8, 4) is 5.75 Å². The third kappa shape index (κ3) is 2.02. The molecule has 1 aliphatic heterocycles. The minimum absolute atomic E-state index is 0.0218. The fraction of sp³-hybridized carbons (Fsp3) is 0.625. The highest BCUT2D eigenvalue weighted by Crippen LogP contribution is 2.48. The molecule has 0 fully saturated rings. The lowest BCUT2D eigenvalue weighted by atomic mass is 9.62. The summed E-state index contributed by atoms with van der Waals surface area (Å²) in [5, 5.41) is 0. The number of halogens is 1. The second-order valence-electron chi connectivity index (χ2n) is 5.94. The number of ether oxygens (including phenoxy) is 1. The summed E-state index contributed by atoms with van der Waals surface area (Å²) in [4.78, 5) is 0. The summed E-state index contributed by atoms with van der Waals surface area (Å²) in [5.41, 5.74) is 1.08. The van der Waals surface area contributed by atoms with Gasteiger partial charge in [-0.05, 0) is 42.9 Å². The Morgan fingerprint density at radius 1 is 1.17 bits per heavy atom. The van der Waals surface area contributed by atoms with Crippen LogP contribution in [0.25, 0.3) is 0 Å². The molecular weight excluding hydrogens is 227 g/mol. The normalized spacial score (nSPS) is 18.4. The zero-order valence-corrected chi connectivity index (χ0v) is 11.8. The number of benzene rings is 1. The largest absolute Gasteiger partial charge is 0.493 e. The zero-order chi connectivity index (χ0) is 13.3. The van der Waals surface area contributed by atoms with Crippen LogP contribution in [0.2, 0.25) is 0 Å². The fourth-order valence-corrected chi connectivity index (χ4v) is 3.54. The van der Waals surface area contributed by atoms with Crippen molar-refractivity contribution in [1.82, 2.24) is 0 Å². The molecule has 0 atom stereocenters. The molecule has 1 nitrogen and oxygen atoms in total. The maximum absolute atomic E-state index is 13.6. The Balaban J connectivity index is 2.64. The van der Waals surface area contributed by atoms with Crippen molar-refractivity contribution >= 4 is 0 Å². The summed E-state index contributed by atoms with van der Waals surface area (Å²) in [6.45, 7) is 9.68. The van der Waals surface area contributed by atoms with Crippen LogP contribution in [0.3, 0.4) is 0 Å². The lowest BCUT2D eigenvalue weighted by Gasteiger charge is -2.41. The number of rotatable bonds is 2. The Morgan fingerprint density at radius 2 is 1.83 bits per heavy atom. The molecule has 0 aliphatic carbocycles. The van der Waals surface area contributed by atoms with E-state index in [-0.39, 0.29) is 11.2 Å². The van der Waals surface area contributed by atoms with Gasteiger partial charge >= 0.3 is 0 Å². The molecule has 18 heavy (non-hydrogen) atoms. The third-order valence-corrected chi connectivity index (χ3v) is 4.50. The Kier molecular flexibility index (Phi) is 3.65. The van der Waals surface area contributed by atoms with Gasteiger partial charge in [0.05, 0.1) is 6.61 Å². The quantitative estimate of drug-likeness (QED) is 0.748. The average Bonchev–Trinajstić information content (AvgIpc) is 2.48. The molecule has 0 N–H and O–H groups in total. The van der Waals surface area contributed by atoms with E-state index in [1.54, 1.807) is 12.1 Å². The van der Waals surface area contributed by atoms with E-state index in [4.69, 9.17) is 4.74 Å². The molecule has 2 heteroatoms. The molecule has 0 unspecified atom stereocenters. The van der Waals surface area contributed by atoms with Gasteiger partial charge in [0, 0.05) is 11.0 Å². The van der Waals surface area contributed by atoms with Crippen LogP contribution < -0.4 is 4.74 Å². The molecule has 2 rings (SSSR count). The predicted octanol–water partition coefficient (Wildman–Crippen LogP) is 4.55. The van der Waals surface area contributed by atoms with Crippen LogP contribution >= 0.6 is 0 Å². The van der Waals surface area contributed by atoms with Crippen LogP contribution in [-0.2, 0) is 5.41 Å². The molecule has 0 saturated heterocycles. The van der Waals surface area contributed by atoms with Gasteiger partial charge in [-0.3, -0.25) is 0 Å². The van der Waals surface area contributed by atoms with Crippen molar-refractivity contribution < 1.29 is 9.13 Å². The molecular formula is C16H23FO. The van der Waals surface area contributed by atoms with Gasteiger partial charge in [0.2, 0.25) is 0 Å². The van der Waals surface area contributed by atoms with Gasteiger partial charge in [0.25, 0.3) is 0 Å². The SMILES string of the molecule is CC(C)C1(C(C)C)CCCOc2ccc(F)cc21. The van der Waals surface area contributed by atoms with Gasteiger partial charge < -0.3 is 4.74 Å². The first-order valence-corrected chi connectivity index (χ1v) is 6.91. The minimum atomic E-state index is -0.162. The maximum Gasteiger partial charge on any atom is 0.123 e. The van der Waals surface area contributed by atoms with Crippen LogP contribution in [-0.4, -0.2) is 6.61 Å². The van der Waals surface area contributed by atoms with Crippen molar-refractivity contribution in [2.75, 3.05) is 6.61 Å². The average molecular weight is 250 g/mol. The highest BCUT2D eigenvalue weighted by atomic mass is 19.1. The Labute approximate surface area is 109 Å². The van der Waals surface area contributed by atoms with Crippen LogP contribution in [0.15, 0.2) is 18.2 Å². The first-order chi connectivity index (χ1) is 8.48. The number of hydrogen-bond acceptors (Lipinski definition) is 1. The Bertz CT molecular complexity index is 415. The van der Waals surface area contributed by atoms with E-state index in [1.807, 2.05) is 0 Å². The second-order valence-corrected chi connectivity index (χ2v) is 5.94. The van der Waals surface area contributed by atoms with E-state index in [0.717, 1.165) is 30.8 Å². The summed E-state index contributed by atoms with van der Waals surface area (Å²) in [6, 6.07) is 4.96. The molecule has 1 heterocycles. The number of fused-ring (bicyclic) bond motifs is 1. The summed E-state index contributed by atoms with van der Waals surface area (Å²) in [5.74, 6) is 1.65. The standard InChI is InChI=1S/C16H23FO/c1-11(2)16(12(3)4)8-5-9-18-15-7-6-13(17)10-14(15)16/h6-7,10-12H,5,8-9H2,1-4H3. The second kappa shape index (κ2) is 4.91. The minimum Gasteiger partial charge on any atom is -0.493 e. The van der Waals surface area contributed by atoms with Crippen molar-refractivity contribution in [1.29, 1.82) is 0 Å². The van der Waals surface area contributed by atoms with Crippen molar-refractivity contribution in [3.05, 3.63) is 29.6 Å². The maximum atomic E-state index is 13.6. The van der Waals surface area contributed by atoms with E-state index in [0.29, 0.717) is 11.8 Å². The van der Waals surface area contributed by atoms with E-state index < -0.39 is 0 Å². The third-order valence-electron chi connectivity index (χ3n) is 4.50. The van der Waals surface area contributed by atoms with Crippen molar-refractivity contribution in [3.63, 3.8) is 0 Å². The molecule has 0 bridgehead atoms. The van der Waals surface area contributed by atoms with Gasteiger partial charge in [0.15, 0.2) is 0 Å². The first kappa shape index (κ1) is 13.4. The topological polar surface area (TPSA) is 9.23 Å². The summed E-state index contributed by atoms with van der Waals surface area (Å²) in [7, 11) is 0. The van der Waals surface area contributed by atoms with Crippen molar-refractivity contribution in [2.24, 2.45) is 11.8 Å². The van der Waals surface area contributed by atoms with Crippen molar-refractivity contribution in [2.45, 2.75) is 46.0 Å². The molecule has 0 aromatic heterocycles. The zero-order valence-electron chi connectivity index (χ0n) is 11.8. The fourth-order valence-electron chi connectivity index (χ4n) is 3.54. The molecule has 1 aromatic carbocycles. The molecule has 1 aromatic rings. The highest BCUT2D eigenvalue weighted by Gasteiger charge is 2.41. The van der Waals surface area contributed by atoms with E-state index >= 15 is 0 Å². The van der Waals surface area contributed by atoms with E-state index in [9.17, 15) is 4.39 Å². The van der Waals surface area contributed by atoms with Crippen LogP contribution in [0, 0.1) is 17.7 Å². The first-order valence-electron chi connectivity index (χ1n) is 6.91. The summed E-state index contributed by atoms with van der Waals surface area (Å²) < 4.78 is 19.4. The summed E-state index contributed by atoms with van der Waals surface area (Å²) in [6.07, 6.45) is 2.10. The van der Waals surface area contributed by atoms with Gasteiger partial charge in [-0.2, -0.15) is 0 Å². The van der Waals surface area contributed by atoms with E-state index in [1.165, 1.54) is 6.07 Å². The molecule has 1 aliphatic rings. The monoisotopic (exact) mass is 250 g/mol.